The molecule has 162 valence electrons. The summed E-state index contributed by atoms with van der Waals surface area (Å²) in [6, 6.07) is 7.66. The van der Waals surface area contributed by atoms with Gasteiger partial charge in [-0.25, -0.2) is 9.78 Å². The average molecular weight is 454 g/mol. The molecular weight excluding hydrogens is 441 g/mol. The predicted molar refractivity (Wildman–Crippen MR) is 102 cm³/mol. The normalized spacial score (nSPS) is 18.3. The summed E-state index contributed by atoms with van der Waals surface area (Å²) >= 11 is 1.30. The summed E-state index contributed by atoms with van der Waals surface area (Å²) in [6.45, 7) is 0. The van der Waals surface area contributed by atoms with Gasteiger partial charge in [0.15, 0.2) is 0 Å². The summed E-state index contributed by atoms with van der Waals surface area (Å²) in [5.74, 6) is -0.581. The molecule has 1 saturated carbocycles. The molecule has 0 radical (unpaired) electrons. The van der Waals surface area contributed by atoms with Crippen molar-refractivity contribution in [2.75, 3.05) is 0 Å². The second-order valence-corrected chi connectivity index (χ2v) is 7.62. The second kappa shape index (κ2) is 8.02. The molecule has 0 amide bonds. The number of nitro benzene ring substituents is 1. The Labute approximate surface area is 176 Å². The molecule has 0 spiro atoms. The van der Waals surface area contributed by atoms with Crippen molar-refractivity contribution in [3.8, 4) is 11.5 Å². The molecule has 1 aliphatic carbocycles. The van der Waals surface area contributed by atoms with E-state index in [1.165, 1.54) is 47.7 Å². The highest BCUT2D eigenvalue weighted by molar-refractivity contribution is 7.16. The Morgan fingerprint density at radius 1 is 1.16 bits per heavy atom. The van der Waals surface area contributed by atoms with Crippen LogP contribution in [0.2, 0.25) is 0 Å². The summed E-state index contributed by atoms with van der Waals surface area (Å²) in [5.41, 5.74) is 2.15. The third kappa shape index (κ3) is 4.68. The van der Waals surface area contributed by atoms with Crippen LogP contribution in [0.15, 0.2) is 41.9 Å². The number of hydrogen-bond acceptors (Lipinski definition) is 8. The molecule has 1 fully saturated rings. The van der Waals surface area contributed by atoms with E-state index in [0.717, 1.165) is 4.70 Å². The number of thiazole rings is 1. The first-order valence-electron chi connectivity index (χ1n) is 8.94. The van der Waals surface area contributed by atoms with E-state index < -0.39 is 23.5 Å². The van der Waals surface area contributed by atoms with Crippen LogP contribution >= 0.6 is 11.3 Å². The van der Waals surface area contributed by atoms with E-state index in [1.807, 2.05) is 0 Å². The fourth-order valence-electron chi connectivity index (χ4n) is 3.33. The van der Waals surface area contributed by atoms with Gasteiger partial charge in [-0.3, -0.25) is 10.1 Å². The van der Waals surface area contributed by atoms with Gasteiger partial charge in [0.25, 0.3) is 5.69 Å². The Bertz CT molecular complexity index is 1130. The molecule has 0 aliphatic heterocycles. The van der Waals surface area contributed by atoms with Crippen LogP contribution in [0.3, 0.4) is 0 Å². The molecule has 0 atom stereocenters. The zero-order chi connectivity index (χ0) is 22.2. The Morgan fingerprint density at radius 3 is 2.52 bits per heavy atom. The lowest BCUT2D eigenvalue weighted by molar-refractivity contribution is -0.384. The lowest BCUT2D eigenvalue weighted by Crippen LogP contribution is -2.33. The van der Waals surface area contributed by atoms with Crippen LogP contribution in [0.25, 0.3) is 10.2 Å². The first kappa shape index (κ1) is 20.8. The topological polar surface area (TPSA) is 101 Å². The van der Waals surface area contributed by atoms with Crippen molar-refractivity contribution in [2.24, 2.45) is 0 Å². The van der Waals surface area contributed by atoms with Crippen LogP contribution in [-0.2, 0) is 4.74 Å². The summed E-state index contributed by atoms with van der Waals surface area (Å²) < 4.78 is 53.4. The van der Waals surface area contributed by atoms with Gasteiger partial charge in [-0.15, -0.1) is 24.5 Å². The summed E-state index contributed by atoms with van der Waals surface area (Å²) in [4.78, 5) is 26.2. The number of hydrogen-bond donors (Lipinski definition) is 0. The maximum absolute atomic E-state index is 12.8. The van der Waals surface area contributed by atoms with Gasteiger partial charge in [-0.1, -0.05) is 0 Å². The van der Waals surface area contributed by atoms with Crippen LogP contribution in [0.4, 0.5) is 23.7 Å². The van der Waals surface area contributed by atoms with Crippen molar-refractivity contribution in [3.63, 3.8) is 0 Å². The van der Waals surface area contributed by atoms with Crippen molar-refractivity contribution in [3.05, 3.63) is 57.6 Å². The standard InChI is InChI=1S/C19H13F3N2O6S/c20-19(21,22)30-14-5-6-15-17(23-9-31-15)16(14)10-7-13(8-10)29-18(25)28-12-3-1-11(2-4-12)24(26)27/h1-6,9-10,13H,7-8H2. The Balaban J connectivity index is 1.40. The second-order valence-electron chi connectivity index (χ2n) is 6.74. The fraction of sp³-hybridized carbons (Fsp3) is 0.263. The summed E-state index contributed by atoms with van der Waals surface area (Å²) in [5, 5.41) is 10.6. The maximum atomic E-state index is 12.8. The Kier molecular flexibility index (Phi) is 5.39. The van der Waals surface area contributed by atoms with E-state index >= 15 is 0 Å². The lowest BCUT2D eigenvalue weighted by Gasteiger charge is -2.35. The highest BCUT2D eigenvalue weighted by Crippen LogP contribution is 2.47. The van der Waals surface area contributed by atoms with Crippen LogP contribution in [0.5, 0.6) is 11.5 Å². The van der Waals surface area contributed by atoms with Crippen LogP contribution in [0.1, 0.15) is 24.3 Å². The molecule has 3 aromatic rings. The number of nitrogens with zero attached hydrogens (tertiary/aromatic N) is 2. The number of rotatable bonds is 5. The highest BCUT2D eigenvalue weighted by Gasteiger charge is 2.39. The predicted octanol–water partition coefficient (Wildman–Crippen LogP) is 5.56. The minimum absolute atomic E-state index is 0.0691. The molecule has 0 unspecified atom stereocenters. The molecule has 0 bridgehead atoms. The van der Waals surface area contributed by atoms with E-state index in [9.17, 15) is 28.1 Å². The monoisotopic (exact) mass is 454 g/mol. The number of halogens is 3. The molecule has 4 rings (SSSR count). The van der Waals surface area contributed by atoms with Gasteiger partial charge in [0, 0.05) is 17.7 Å². The van der Waals surface area contributed by atoms with Crippen molar-refractivity contribution < 1.29 is 37.1 Å². The van der Waals surface area contributed by atoms with Gasteiger partial charge in [0.1, 0.15) is 17.6 Å². The average Bonchev–Trinajstić information content (AvgIpc) is 3.13. The van der Waals surface area contributed by atoms with E-state index in [1.54, 1.807) is 5.51 Å². The number of fused-ring (bicyclic) bond motifs is 1. The Morgan fingerprint density at radius 2 is 1.87 bits per heavy atom. The van der Waals surface area contributed by atoms with Gasteiger partial charge in [0.2, 0.25) is 0 Å². The number of carbonyl (C=O) groups is 1. The number of alkyl halides is 3. The van der Waals surface area contributed by atoms with Gasteiger partial charge in [-0.2, -0.15) is 0 Å². The van der Waals surface area contributed by atoms with E-state index in [-0.39, 0.29) is 35.9 Å². The minimum Gasteiger partial charge on any atom is -0.431 e. The van der Waals surface area contributed by atoms with Crippen molar-refractivity contribution in [1.29, 1.82) is 0 Å². The minimum atomic E-state index is -4.84. The van der Waals surface area contributed by atoms with Gasteiger partial charge >= 0.3 is 12.5 Å². The van der Waals surface area contributed by atoms with Gasteiger partial charge in [-0.05, 0) is 43.0 Å². The summed E-state index contributed by atoms with van der Waals surface area (Å²) in [7, 11) is 0. The number of carbonyl (C=O) groups excluding carboxylic acids is 1. The lowest BCUT2D eigenvalue weighted by atomic mass is 9.76. The van der Waals surface area contributed by atoms with E-state index in [2.05, 4.69) is 9.72 Å². The van der Waals surface area contributed by atoms with Crippen LogP contribution in [-0.4, -0.2) is 28.5 Å². The Hall–Kier alpha value is -3.41. The highest BCUT2D eigenvalue weighted by atomic mass is 32.1. The van der Waals surface area contributed by atoms with Crippen molar-refractivity contribution in [2.45, 2.75) is 31.2 Å². The van der Waals surface area contributed by atoms with E-state index in [4.69, 9.17) is 9.47 Å². The first-order valence-corrected chi connectivity index (χ1v) is 9.82. The molecule has 1 heterocycles. The largest absolute Gasteiger partial charge is 0.573 e. The van der Waals surface area contributed by atoms with Crippen LogP contribution in [0, 0.1) is 10.1 Å². The number of benzene rings is 2. The molecule has 31 heavy (non-hydrogen) atoms. The number of non-ortho nitro benzene ring substituents is 1. The molecule has 8 nitrogen and oxygen atoms in total. The van der Waals surface area contributed by atoms with Crippen molar-refractivity contribution >= 4 is 33.4 Å². The maximum Gasteiger partial charge on any atom is 0.573 e. The SMILES string of the molecule is O=C(Oc1ccc([N+](=O)[O-])cc1)OC1CC(c2c(OC(F)(F)F)ccc3scnc23)C1. The molecule has 0 saturated heterocycles. The number of ether oxygens (including phenoxy) is 3. The smallest absolute Gasteiger partial charge is 0.431 e. The van der Waals surface area contributed by atoms with Gasteiger partial charge in [0.05, 0.1) is 20.7 Å². The third-order valence-corrected chi connectivity index (χ3v) is 5.54. The van der Waals surface area contributed by atoms with E-state index in [0.29, 0.717) is 11.1 Å². The summed E-state index contributed by atoms with van der Waals surface area (Å²) in [6.07, 6.45) is -5.84. The molecule has 1 aliphatic rings. The first-order chi connectivity index (χ1) is 14.7. The van der Waals surface area contributed by atoms with Gasteiger partial charge < -0.3 is 14.2 Å². The zero-order valence-corrected chi connectivity index (χ0v) is 16.3. The molecule has 2 aromatic carbocycles. The van der Waals surface area contributed by atoms with Crippen LogP contribution < -0.4 is 9.47 Å². The molecule has 12 heteroatoms. The quantitative estimate of drug-likeness (QED) is 0.215. The third-order valence-electron chi connectivity index (χ3n) is 4.74. The number of aromatic nitrogens is 1. The molecule has 0 N–H and O–H groups in total. The molecular formula is C19H13F3N2O6S. The zero-order valence-electron chi connectivity index (χ0n) is 15.5. The number of nitro groups is 1. The van der Waals surface area contributed by atoms with Crippen molar-refractivity contribution in [1.82, 2.24) is 4.98 Å². The molecule has 1 aromatic heterocycles. The fourth-order valence-corrected chi connectivity index (χ4v) is 4.02.